The van der Waals surface area contributed by atoms with Crippen LogP contribution < -0.4 is 0 Å². The second kappa shape index (κ2) is 4.86. The van der Waals surface area contributed by atoms with Crippen LogP contribution in [0.25, 0.3) is 0 Å². The molecule has 0 N–H and O–H groups in total. The minimum Gasteiger partial charge on any atom is -0.374 e. The fraction of sp³-hybridized carbons (Fsp3) is 0.846. The molecule has 1 aliphatic rings. The largest absolute Gasteiger partial charge is 0.374 e. The Kier molecular flexibility index (Phi) is 4.16. The molecule has 1 heterocycles. The molecule has 0 aromatic heterocycles. The molecule has 0 aliphatic carbocycles. The van der Waals surface area contributed by atoms with Gasteiger partial charge in [0.25, 0.3) is 0 Å². The van der Waals surface area contributed by atoms with Crippen molar-refractivity contribution < 1.29 is 9.57 Å². The summed E-state index contributed by atoms with van der Waals surface area (Å²) in [5, 5.41) is 2.09. The third-order valence-electron chi connectivity index (χ3n) is 3.19. The van der Waals surface area contributed by atoms with Crippen LogP contribution in [-0.2, 0) is 9.57 Å². The summed E-state index contributed by atoms with van der Waals surface area (Å²) < 4.78 is 5.80. The van der Waals surface area contributed by atoms with Gasteiger partial charge in [0, 0.05) is 11.1 Å². The van der Waals surface area contributed by atoms with Gasteiger partial charge in [0.1, 0.15) is 0 Å². The summed E-state index contributed by atoms with van der Waals surface area (Å²) in [6.07, 6.45) is 4.06. The van der Waals surface area contributed by atoms with Crippen molar-refractivity contribution in [1.82, 2.24) is 5.06 Å². The average Bonchev–Trinajstić information content (AvgIpc) is 2.11. The van der Waals surface area contributed by atoms with E-state index in [1.165, 1.54) is 0 Å². The minimum absolute atomic E-state index is 0.00232. The van der Waals surface area contributed by atoms with Crippen molar-refractivity contribution in [1.29, 1.82) is 0 Å². The molecule has 0 aromatic carbocycles. The van der Waals surface area contributed by atoms with Crippen LogP contribution in [0, 0.1) is 0 Å². The monoisotopic (exact) mass is 227 g/mol. The van der Waals surface area contributed by atoms with Crippen LogP contribution in [0.4, 0.5) is 0 Å². The summed E-state index contributed by atoms with van der Waals surface area (Å²) in [4.78, 5) is 5.53. The minimum atomic E-state index is 0.00232. The molecule has 3 nitrogen and oxygen atoms in total. The van der Waals surface area contributed by atoms with E-state index in [4.69, 9.17) is 9.57 Å². The Hall–Kier alpha value is -0.380. The Morgan fingerprint density at radius 2 is 1.75 bits per heavy atom. The molecule has 1 aliphatic heterocycles. The standard InChI is InChI=1S/C13H25NO2/c1-7-8-16-11-9-12(2,3)14(15-6)13(4,5)10-11/h7,11H,1,8-10H2,2-6H3. The highest BCUT2D eigenvalue weighted by Gasteiger charge is 2.46. The highest BCUT2D eigenvalue weighted by atomic mass is 16.7. The average molecular weight is 227 g/mol. The summed E-state index contributed by atoms with van der Waals surface area (Å²) >= 11 is 0. The summed E-state index contributed by atoms with van der Waals surface area (Å²) in [5.41, 5.74) is 0.00464. The maximum atomic E-state index is 5.80. The highest BCUT2D eigenvalue weighted by molar-refractivity contribution is 4.97. The van der Waals surface area contributed by atoms with Gasteiger partial charge in [0.15, 0.2) is 0 Å². The van der Waals surface area contributed by atoms with Crippen molar-refractivity contribution in [2.75, 3.05) is 13.7 Å². The van der Waals surface area contributed by atoms with Gasteiger partial charge < -0.3 is 9.57 Å². The van der Waals surface area contributed by atoms with Crippen LogP contribution in [0.1, 0.15) is 40.5 Å². The van der Waals surface area contributed by atoms with Gasteiger partial charge in [0.2, 0.25) is 0 Å². The van der Waals surface area contributed by atoms with Crippen molar-refractivity contribution in [2.45, 2.75) is 57.7 Å². The molecule has 1 rings (SSSR count). The Morgan fingerprint density at radius 3 is 2.12 bits per heavy atom. The Balaban J connectivity index is 2.76. The molecule has 0 spiro atoms. The van der Waals surface area contributed by atoms with Gasteiger partial charge in [-0.1, -0.05) is 6.08 Å². The highest BCUT2D eigenvalue weighted by Crippen LogP contribution is 2.39. The van der Waals surface area contributed by atoms with Gasteiger partial charge in [-0.25, -0.2) is 0 Å². The molecule has 0 radical (unpaired) electrons. The quantitative estimate of drug-likeness (QED) is 0.689. The fourth-order valence-electron chi connectivity index (χ4n) is 2.99. The van der Waals surface area contributed by atoms with E-state index >= 15 is 0 Å². The topological polar surface area (TPSA) is 21.7 Å². The molecule has 0 unspecified atom stereocenters. The number of hydrogen-bond acceptors (Lipinski definition) is 3. The molecule has 0 amide bonds. The van der Waals surface area contributed by atoms with Crippen molar-refractivity contribution in [2.24, 2.45) is 0 Å². The lowest BCUT2D eigenvalue weighted by Gasteiger charge is -2.53. The number of hydroxylamine groups is 2. The Labute approximate surface area is 99.4 Å². The van der Waals surface area contributed by atoms with Crippen LogP contribution in [0.2, 0.25) is 0 Å². The predicted molar refractivity (Wildman–Crippen MR) is 66.2 cm³/mol. The molecule has 16 heavy (non-hydrogen) atoms. The lowest BCUT2D eigenvalue weighted by molar-refractivity contribution is -0.279. The molecular formula is C13H25NO2. The maximum Gasteiger partial charge on any atom is 0.0648 e. The van der Waals surface area contributed by atoms with Gasteiger partial charge in [-0.15, -0.1) is 6.58 Å². The fourth-order valence-corrected chi connectivity index (χ4v) is 2.99. The second-order valence-corrected chi connectivity index (χ2v) is 5.75. The summed E-state index contributed by atoms with van der Waals surface area (Å²) in [5.74, 6) is 0. The first-order valence-electron chi connectivity index (χ1n) is 5.90. The zero-order valence-corrected chi connectivity index (χ0v) is 11.2. The number of nitrogens with zero attached hydrogens (tertiary/aromatic N) is 1. The van der Waals surface area contributed by atoms with E-state index in [-0.39, 0.29) is 17.2 Å². The van der Waals surface area contributed by atoms with E-state index in [0.717, 1.165) is 12.8 Å². The molecular weight excluding hydrogens is 202 g/mol. The molecule has 0 aromatic rings. The lowest BCUT2D eigenvalue weighted by Crippen LogP contribution is -2.61. The van der Waals surface area contributed by atoms with E-state index in [0.29, 0.717) is 6.61 Å². The zero-order valence-electron chi connectivity index (χ0n) is 11.2. The van der Waals surface area contributed by atoms with E-state index in [1.807, 2.05) is 6.08 Å². The summed E-state index contributed by atoms with van der Waals surface area (Å²) in [6.45, 7) is 13.1. The van der Waals surface area contributed by atoms with Crippen LogP contribution in [-0.4, -0.2) is 36.0 Å². The number of ether oxygens (including phenoxy) is 1. The third-order valence-corrected chi connectivity index (χ3v) is 3.19. The van der Waals surface area contributed by atoms with Crippen molar-refractivity contribution >= 4 is 0 Å². The molecule has 3 heteroatoms. The SMILES string of the molecule is C=CCOC1CC(C)(C)N(OC)C(C)(C)C1. The molecule has 0 saturated carbocycles. The summed E-state index contributed by atoms with van der Waals surface area (Å²) in [7, 11) is 1.74. The molecule has 0 atom stereocenters. The number of rotatable bonds is 4. The van der Waals surface area contributed by atoms with Crippen LogP contribution in [0.15, 0.2) is 12.7 Å². The molecule has 94 valence electrons. The molecule has 1 saturated heterocycles. The smallest absolute Gasteiger partial charge is 0.0648 e. The van der Waals surface area contributed by atoms with Gasteiger partial charge in [-0.2, -0.15) is 5.06 Å². The normalized spacial score (nSPS) is 25.6. The van der Waals surface area contributed by atoms with Gasteiger partial charge in [0.05, 0.1) is 19.8 Å². The zero-order chi connectivity index (χ0) is 12.4. The number of hydrogen-bond donors (Lipinski definition) is 0. The van der Waals surface area contributed by atoms with Crippen molar-refractivity contribution in [3.05, 3.63) is 12.7 Å². The van der Waals surface area contributed by atoms with Crippen LogP contribution in [0.3, 0.4) is 0 Å². The molecule has 1 fully saturated rings. The number of piperidine rings is 1. The maximum absolute atomic E-state index is 5.80. The van der Waals surface area contributed by atoms with Gasteiger partial charge in [-0.3, -0.25) is 0 Å². The predicted octanol–water partition coefficient (Wildman–Crippen LogP) is 2.77. The van der Waals surface area contributed by atoms with E-state index in [9.17, 15) is 0 Å². The molecule has 0 bridgehead atoms. The van der Waals surface area contributed by atoms with Crippen molar-refractivity contribution in [3.63, 3.8) is 0 Å². The van der Waals surface area contributed by atoms with E-state index < -0.39 is 0 Å². The van der Waals surface area contributed by atoms with Gasteiger partial charge >= 0.3 is 0 Å². The van der Waals surface area contributed by atoms with Crippen LogP contribution in [0.5, 0.6) is 0 Å². The second-order valence-electron chi connectivity index (χ2n) is 5.75. The first-order chi connectivity index (χ1) is 7.33. The van der Waals surface area contributed by atoms with E-state index in [2.05, 4.69) is 39.3 Å². The lowest BCUT2D eigenvalue weighted by atomic mass is 9.80. The van der Waals surface area contributed by atoms with Gasteiger partial charge in [-0.05, 0) is 40.5 Å². The first-order valence-corrected chi connectivity index (χ1v) is 5.90. The van der Waals surface area contributed by atoms with E-state index in [1.54, 1.807) is 7.11 Å². The Bertz CT molecular complexity index is 230. The van der Waals surface area contributed by atoms with Crippen LogP contribution >= 0.6 is 0 Å². The first kappa shape index (κ1) is 13.7. The summed E-state index contributed by atoms with van der Waals surface area (Å²) in [6, 6.07) is 0. The van der Waals surface area contributed by atoms with Crippen molar-refractivity contribution in [3.8, 4) is 0 Å². The third kappa shape index (κ3) is 2.84. The Morgan fingerprint density at radius 1 is 1.25 bits per heavy atom.